The van der Waals surface area contributed by atoms with Crippen LogP contribution >= 0.6 is 11.6 Å². The average molecular weight is 421 g/mol. The number of hydrogen-bond acceptors (Lipinski definition) is 3. The fourth-order valence-electron chi connectivity index (χ4n) is 2.60. The van der Waals surface area contributed by atoms with Crippen LogP contribution in [0.3, 0.4) is 0 Å². The van der Waals surface area contributed by atoms with Crippen molar-refractivity contribution >= 4 is 23.4 Å². The third-order valence-corrected chi connectivity index (χ3v) is 4.58. The van der Waals surface area contributed by atoms with Gasteiger partial charge in [0.1, 0.15) is 17.6 Å². The SMILES string of the molecule is CC(C)CNC(=O)C(C)N(Cc1ccccc1F)C(=O)COc1ccc(Cl)cc1. The number of nitrogens with one attached hydrogen (secondary N) is 1. The van der Waals surface area contributed by atoms with Gasteiger partial charge in [0.15, 0.2) is 6.61 Å². The van der Waals surface area contributed by atoms with Crippen molar-refractivity contribution in [2.75, 3.05) is 13.2 Å². The third kappa shape index (κ3) is 7.06. The molecule has 0 radical (unpaired) electrons. The minimum Gasteiger partial charge on any atom is -0.484 e. The summed E-state index contributed by atoms with van der Waals surface area (Å²) in [5.74, 6) is -0.399. The molecule has 1 atom stereocenters. The smallest absolute Gasteiger partial charge is 0.261 e. The standard InChI is InChI=1S/C22H26ClFN2O3/c1-15(2)12-25-22(28)16(3)26(13-17-6-4-5-7-20(17)24)21(27)14-29-19-10-8-18(23)9-11-19/h4-11,15-16H,12-14H2,1-3H3,(H,25,28). The van der Waals surface area contributed by atoms with Crippen molar-refractivity contribution in [3.8, 4) is 5.75 Å². The lowest BCUT2D eigenvalue weighted by molar-refractivity contribution is -0.142. The number of carbonyl (C=O) groups excluding carboxylic acids is 2. The van der Waals surface area contributed by atoms with Gasteiger partial charge in [0.2, 0.25) is 5.91 Å². The lowest BCUT2D eigenvalue weighted by Gasteiger charge is -2.29. The molecule has 0 aromatic heterocycles. The van der Waals surface area contributed by atoms with E-state index in [2.05, 4.69) is 5.32 Å². The van der Waals surface area contributed by atoms with Crippen molar-refractivity contribution in [2.45, 2.75) is 33.4 Å². The molecule has 0 fully saturated rings. The molecule has 2 aromatic rings. The normalized spacial score (nSPS) is 11.8. The molecule has 7 heteroatoms. The first-order valence-electron chi connectivity index (χ1n) is 9.47. The van der Waals surface area contributed by atoms with Crippen molar-refractivity contribution in [1.82, 2.24) is 10.2 Å². The highest BCUT2D eigenvalue weighted by molar-refractivity contribution is 6.30. The number of halogens is 2. The van der Waals surface area contributed by atoms with Gasteiger partial charge in [0, 0.05) is 23.7 Å². The molecule has 5 nitrogen and oxygen atoms in total. The molecule has 0 aliphatic heterocycles. The number of ether oxygens (including phenoxy) is 1. The van der Waals surface area contributed by atoms with Crippen molar-refractivity contribution in [3.63, 3.8) is 0 Å². The number of hydrogen-bond donors (Lipinski definition) is 1. The maximum absolute atomic E-state index is 14.1. The van der Waals surface area contributed by atoms with E-state index >= 15 is 0 Å². The molecular weight excluding hydrogens is 395 g/mol. The van der Waals surface area contributed by atoms with Gasteiger partial charge in [-0.1, -0.05) is 43.6 Å². The molecule has 2 rings (SSSR count). The largest absolute Gasteiger partial charge is 0.484 e. The molecule has 156 valence electrons. The third-order valence-electron chi connectivity index (χ3n) is 4.33. The molecule has 1 unspecified atom stereocenters. The maximum atomic E-state index is 14.1. The van der Waals surface area contributed by atoms with Crippen LogP contribution in [0.5, 0.6) is 5.75 Å². The number of amides is 2. The van der Waals surface area contributed by atoms with E-state index in [1.165, 1.54) is 11.0 Å². The van der Waals surface area contributed by atoms with Crippen molar-refractivity contribution in [2.24, 2.45) is 5.92 Å². The van der Waals surface area contributed by atoms with Crippen LogP contribution in [0.15, 0.2) is 48.5 Å². The van der Waals surface area contributed by atoms with Crippen LogP contribution in [-0.4, -0.2) is 35.9 Å². The lowest BCUT2D eigenvalue weighted by Crippen LogP contribution is -2.49. The van der Waals surface area contributed by atoms with Gasteiger partial charge < -0.3 is 15.0 Å². The zero-order valence-corrected chi connectivity index (χ0v) is 17.6. The highest BCUT2D eigenvalue weighted by atomic mass is 35.5. The fourth-order valence-corrected chi connectivity index (χ4v) is 2.73. The second-order valence-corrected chi connectivity index (χ2v) is 7.61. The Morgan fingerprint density at radius 1 is 1.10 bits per heavy atom. The quantitative estimate of drug-likeness (QED) is 0.665. The van der Waals surface area contributed by atoms with Gasteiger partial charge in [-0.3, -0.25) is 9.59 Å². The number of benzene rings is 2. The Kier molecular flexibility index (Phi) is 8.46. The number of nitrogens with zero attached hydrogens (tertiary/aromatic N) is 1. The summed E-state index contributed by atoms with van der Waals surface area (Å²) in [5, 5.41) is 3.37. The first kappa shape index (κ1) is 22.7. The molecule has 1 N–H and O–H groups in total. The first-order chi connectivity index (χ1) is 13.8. The van der Waals surface area contributed by atoms with Crippen LogP contribution in [0.25, 0.3) is 0 Å². The van der Waals surface area contributed by atoms with Crippen LogP contribution in [0.1, 0.15) is 26.3 Å². The van der Waals surface area contributed by atoms with Crippen LogP contribution in [0.2, 0.25) is 5.02 Å². The summed E-state index contributed by atoms with van der Waals surface area (Å²) >= 11 is 5.85. The minimum atomic E-state index is -0.783. The summed E-state index contributed by atoms with van der Waals surface area (Å²) in [7, 11) is 0. The van der Waals surface area contributed by atoms with E-state index in [0.717, 1.165) is 0 Å². The van der Waals surface area contributed by atoms with Gasteiger partial charge in [-0.15, -0.1) is 0 Å². The predicted octanol–water partition coefficient (Wildman–Crippen LogP) is 4.05. The number of carbonyl (C=O) groups is 2. The molecule has 0 spiro atoms. The van der Waals surface area contributed by atoms with Crippen molar-refractivity contribution in [1.29, 1.82) is 0 Å². The van der Waals surface area contributed by atoms with Gasteiger partial charge >= 0.3 is 0 Å². The molecule has 29 heavy (non-hydrogen) atoms. The Morgan fingerprint density at radius 2 is 1.76 bits per heavy atom. The van der Waals surface area contributed by atoms with Gasteiger partial charge in [0.25, 0.3) is 5.91 Å². The maximum Gasteiger partial charge on any atom is 0.261 e. The summed E-state index contributed by atoms with van der Waals surface area (Å²) in [4.78, 5) is 26.7. The number of rotatable bonds is 9. The molecular formula is C22H26ClFN2O3. The highest BCUT2D eigenvalue weighted by Crippen LogP contribution is 2.17. The average Bonchev–Trinajstić information content (AvgIpc) is 2.70. The van der Waals surface area contributed by atoms with E-state index in [0.29, 0.717) is 22.9 Å². The molecule has 2 amide bonds. The molecule has 0 aliphatic carbocycles. The summed E-state index contributed by atoms with van der Waals surface area (Å²) in [5.41, 5.74) is 0.329. The predicted molar refractivity (Wildman–Crippen MR) is 111 cm³/mol. The lowest BCUT2D eigenvalue weighted by atomic mass is 10.1. The van der Waals surface area contributed by atoms with E-state index in [-0.39, 0.29) is 25.0 Å². The van der Waals surface area contributed by atoms with Gasteiger partial charge in [-0.2, -0.15) is 0 Å². The Hall–Kier alpha value is -2.60. The Morgan fingerprint density at radius 3 is 2.38 bits per heavy atom. The van der Waals surface area contributed by atoms with Crippen molar-refractivity contribution in [3.05, 3.63) is 64.9 Å². The molecule has 0 saturated heterocycles. The summed E-state index contributed by atoms with van der Waals surface area (Å²) < 4.78 is 19.7. The monoisotopic (exact) mass is 420 g/mol. The van der Waals surface area contributed by atoms with Gasteiger partial charge in [-0.05, 0) is 43.2 Å². The minimum absolute atomic E-state index is 0.0360. The fraction of sp³-hybridized carbons (Fsp3) is 0.364. The second-order valence-electron chi connectivity index (χ2n) is 7.17. The molecule has 2 aromatic carbocycles. The van der Waals surface area contributed by atoms with Crippen LogP contribution in [-0.2, 0) is 16.1 Å². The summed E-state index contributed by atoms with van der Waals surface area (Å²) in [6.07, 6.45) is 0. The van der Waals surface area contributed by atoms with Gasteiger partial charge in [-0.25, -0.2) is 4.39 Å². The molecule has 0 heterocycles. The van der Waals surface area contributed by atoms with Crippen LogP contribution < -0.4 is 10.1 Å². The summed E-state index contributed by atoms with van der Waals surface area (Å²) in [6.45, 7) is 5.76. The second kappa shape index (κ2) is 10.8. The van der Waals surface area contributed by atoms with Gasteiger partial charge in [0.05, 0.1) is 0 Å². The van der Waals surface area contributed by atoms with Crippen LogP contribution in [0, 0.1) is 11.7 Å². The van der Waals surface area contributed by atoms with E-state index in [9.17, 15) is 14.0 Å². The first-order valence-corrected chi connectivity index (χ1v) is 9.84. The zero-order chi connectivity index (χ0) is 21.4. The Bertz CT molecular complexity index is 827. The van der Waals surface area contributed by atoms with E-state index in [1.807, 2.05) is 13.8 Å². The molecule has 0 bridgehead atoms. The van der Waals surface area contributed by atoms with Crippen molar-refractivity contribution < 1.29 is 18.7 Å². The van der Waals surface area contributed by atoms with E-state index in [4.69, 9.17) is 16.3 Å². The molecule has 0 saturated carbocycles. The molecule has 0 aliphatic rings. The summed E-state index contributed by atoms with van der Waals surface area (Å²) in [6, 6.07) is 12.0. The highest BCUT2D eigenvalue weighted by Gasteiger charge is 2.27. The van der Waals surface area contributed by atoms with E-state index in [1.54, 1.807) is 49.4 Å². The Labute approximate surface area is 175 Å². The zero-order valence-electron chi connectivity index (χ0n) is 16.8. The topological polar surface area (TPSA) is 58.6 Å². The van der Waals surface area contributed by atoms with E-state index < -0.39 is 17.8 Å². The Balaban J connectivity index is 2.13. The van der Waals surface area contributed by atoms with Crippen LogP contribution in [0.4, 0.5) is 4.39 Å².